The number of hydrogen-bond acceptors (Lipinski definition) is 4. The summed E-state index contributed by atoms with van der Waals surface area (Å²) >= 11 is 0. The smallest absolute Gasteiger partial charge is 0.309 e. The van der Waals surface area contributed by atoms with Crippen LogP contribution in [-0.4, -0.2) is 36.6 Å². The Hall–Kier alpha value is -2.34. The number of carbonyl (C=O) groups excluding carboxylic acids is 2. The summed E-state index contributed by atoms with van der Waals surface area (Å²) in [6.07, 6.45) is 7.61. The summed E-state index contributed by atoms with van der Waals surface area (Å²) in [7, 11) is 0. The molecule has 2 aliphatic rings. The van der Waals surface area contributed by atoms with Gasteiger partial charge in [0.15, 0.2) is 0 Å². The number of hydrogen-bond donors (Lipinski definition) is 3. The highest BCUT2D eigenvalue weighted by Crippen LogP contribution is 2.28. The fourth-order valence-electron chi connectivity index (χ4n) is 3.35. The highest BCUT2D eigenvalue weighted by molar-refractivity contribution is 6.35. The molecule has 0 spiro atoms. The third-order valence-corrected chi connectivity index (χ3v) is 4.88. The molecule has 2 amide bonds. The molecule has 1 heterocycles. The van der Waals surface area contributed by atoms with Gasteiger partial charge in [-0.25, -0.2) is 0 Å². The lowest BCUT2D eigenvalue weighted by Gasteiger charge is -2.14. The van der Waals surface area contributed by atoms with Gasteiger partial charge in [0.2, 0.25) is 0 Å². The molecule has 0 aromatic heterocycles. The van der Waals surface area contributed by atoms with Crippen LogP contribution in [0.4, 0.5) is 0 Å². The lowest BCUT2D eigenvalue weighted by atomic mass is 9.97. The second-order valence-electron chi connectivity index (χ2n) is 6.81. The van der Waals surface area contributed by atoms with Gasteiger partial charge in [-0.15, -0.1) is 0 Å². The van der Waals surface area contributed by atoms with Gasteiger partial charge in [-0.1, -0.05) is 17.7 Å². The van der Waals surface area contributed by atoms with Crippen molar-refractivity contribution in [2.75, 3.05) is 19.7 Å². The first-order chi connectivity index (χ1) is 12.6. The van der Waals surface area contributed by atoms with Crippen LogP contribution in [0.25, 0.3) is 0 Å². The van der Waals surface area contributed by atoms with Crippen molar-refractivity contribution in [3.05, 3.63) is 41.0 Å². The van der Waals surface area contributed by atoms with Gasteiger partial charge in [0.1, 0.15) is 5.75 Å². The lowest BCUT2D eigenvalue weighted by Crippen LogP contribution is -2.41. The Morgan fingerprint density at radius 3 is 2.81 bits per heavy atom. The minimum Gasteiger partial charge on any atom is -0.493 e. The molecule has 0 saturated heterocycles. The minimum absolute atomic E-state index is 0.00293. The molecule has 0 saturated carbocycles. The van der Waals surface area contributed by atoms with Gasteiger partial charge in [0, 0.05) is 19.5 Å². The van der Waals surface area contributed by atoms with Crippen LogP contribution in [0.2, 0.25) is 0 Å². The number of nitrogens with one attached hydrogen (secondary N) is 2. The molecule has 0 bridgehead atoms. The van der Waals surface area contributed by atoms with Crippen LogP contribution in [0.5, 0.6) is 5.75 Å². The van der Waals surface area contributed by atoms with Crippen LogP contribution in [0.3, 0.4) is 0 Å². The zero-order chi connectivity index (χ0) is 18.4. The van der Waals surface area contributed by atoms with Gasteiger partial charge in [0.25, 0.3) is 0 Å². The second-order valence-corrected chi connectivity index (χ2v) is 6.81. The van der Waals surface area contributed by atoms with E-state index in [0.717, 1.165) is 37.0 Å². The maximum atomic E-state index is 11.9. The highest BCUT2D eigenvalue weighted by atomic mass is 16.5. The van der Waals surface area contributed by atoms with Gasteiger partial charge in [0.05, 0.1) is 12.7 Å². The predicted molar refractivity (Wildman–Crippen MR) is 97.8 cm³/mol. The Balaban J connectivity index is 1.39. The molecular formula is C20H26N2O4. The zero-order valence-electron chi connectivity index (χ0n) is 14.9. The monoisotopic (exact) mass is 358 g/mol. The van der Waals surface area contributed by atoms with Gasteiger partial charge in [-0.05, 0) is 55.4 Å². The molecule has 1 aliphatic heterocycles. The van der Waals surface area contributed by atoms with Gasteiger partial charge < -0.3 is 20.5 Å². The Morgan fingerprint density at radius 1 is 1.15 bits per heavy atom. The van der Waals surface area contributed by atoms with E-state index in [2.05, 4.69) is 16.7 Å². The first-order valence-electron chi connectivity index (χ1n) is 9.31. The third kappa shape index (κ3) is 4.85. The molecule has 0 radical (unpaired) electrons. The molecule has 1 aromatic carbocycles. The Morgan fingerprint density at radius 2 is 2.00 bits per heavy atom. The number of ether oxygens (including phenoxy) is 1. The van der Waals surface area contributed by atoms with Gasteiger partial charge in [-0.2, -0.15) is 0 Å². The number of aliphatic hydroxyl groups is 1. The second kappa shape index (κ2) is 8.85. The van der Waals surface area contributed by atoms with E-state index in [1.807, 2.05) is 12.1 Å². The molecule has 1 aliphatic carbocycles. The van der Waals surface area contributed by atoms with E-state index in [1.165, 1.54) is 18.4 Å². The van der Waals surface area contributed by atoms with Crippen LogP contribution < -0.4 is 15.4 Å². The molecule has 1 atom stereocenters. The molecule has 6 heteroatoms. The van der Waals surface area contributed by atoms with E-state index in [9.17, 15) is 14.7 Å². The van der Waals surface area contributed by atoms with E-state index >= 15 is 0 Å². The minimum atomic E-state index is -0.856. The van der Waals surface area contributed by atoms with Crippen molar-refractivity contribution in [2.45, 2.75) is 44.6 Å². The molecule has 140 valence electrons. The molecule has 3 N–H and O–H groups in total. The number of aliphatic hydroxyl groups excluding tert-OH is 1. The lowest BCUT2D eigenvalue weighted by molar-refractivity contribution is -0.139. The summed E-state index contributed by atoms with van der Waals surface area (Å²) in [5, 5.41) is 15.4. The van der Waals surface area contributed by atoms with Crippen LogP contribution in [0.1, 0.15) is 49.3 Å². The average molecular weight is 358 g/mol. The standard InChI is InChI=1S/C20H26N2O4/c23-17(15-6-7-18-16(12-15)9-11-26-18)13-22-20(25)19(24)21-10-8-14-4-2-1-3-5-14/h4,6-7,12,17,23H,1-3,5,8-11,13H2,(H,21,24)(H,22,25). The normalized spacial score (nSPS) is 16.9. The first-order valence-corrected chi connectivity index (χ1v) is 9.31. The van der Waals surface area contributed by atoms with E-state index < -0.39 is 17.9 Å². The number of rotatable bonds is 6. The highest BCUT2D eigenvalue weighted by Gasteiger charge is 2.18. The fourth-order valence-corrected chi connectivity index (χ4v) is 3.35. The maximum Gasteiger partial charge on any atom is 0.309 e. The summed E-state index contributed by atoms with van der Waals surface area (Å²) in [6.45, 7) is 1.12. The SMILES string of the molecule is O=C(NCCC1=CCCCC1)C(=O)NCC(O)c1ccc2c(c1)CCO2. The van der Waals surface area contributed by atoms with E-state index in [0.29, 0.717) is 18.7 Å². The number of allylic oxidation sites excluding steroid dienone is 1. The third-order valence-electron chi connectivity index (χ3n) is 4.88. The van der Waals surface area contributed by atoms with Crippen molar-refractivity contribution in [1.29, 1.82) is 0 Å². The van der Waals surface area contributed by atoms with Crippen molar-refractivity contribution < 1.29 is 19.4 Å². The van der Waals surface area contributed by atoms with Crippen molar-refractivity contribution in [3.63, 3.8) is 0 Å². The molecule has 6 nitrogen and oxygen atoms in total. The number of amides is 2. The van der Waals surface area contributed by atoms with Crippen LogP contribution >= 0.6 is 0 Å². The van der Waals surface area contributed by atoms with E-state index in [1.54, 1.807) is 6.07 Å². The molecule has 1 unspecified atom stereocenters. The number of benzene rings is 1. The number of carbonyl (C=O) groups is 2. The molecule has 1 aromatic rings. The van der Waals surface area contributed by atoms with Crippen molar-refractivity contribution >= 4 is 11.8 Å². The Bertz CT molecular complexity index is 699. The number of fused-ring (bicyclic) bond motifs is 1. The predicted octanol–water partition coefficient (Wildman–Crippen LogP) is 1.78. The molecule has 0 fully saturated rings. The Kier molecular flexibility index (Phi) is 6.28. The van der Waals surface area contributed by atoms with Crippen molar-refractivity contribution in [1.82, 2.24) is 10.6 Å². The molecular weight excluding hydrogens is 332 g/mol. The van der Waals surface area contributed by atoms with Crippen LogP contribution in [0, 0.1) is 0 Å². The zero-order valence-corrected chi connectivity index (χ0v) is 14.9. The van der Waals surface area contributed by atoms with Crippen molar-refractivity contribution in [3.8, 4) is 5.75 Å². The van der Waals surface area contributed by atoms with E-state index in [-0.39, 0.29) is 6.54 Å². The van der Waals surface area contributed by atoms with E-state index in [4.69, 9.17) is 4.74 Å². The van der Waals surface area contributed by atoms with Crippen LogP contribution in [0.15, 0.2) is 29.8 Å². The molecule has 26 heavy (non-hydrogen) atoms. The summed E-state index contributed by atoms with van der Waals surface area (Å²) in [6, 6.07) is 5.49. The van der Waals surface area contributed by atoms with Crippen molar-refractivity contribution in [2.24, 2.45) is 0 Å². The fraction of sp³-hybridized carbons (Fsp3) is 0.500. The first kappa shape index (κ1) is 18.5. The maximum absolute atomic E-state index is 11.9. The van der Waals surface area contributed by atoms with Gasteiger partial charge >= 0.3 is 11.8 Å². The van der Waals surface area contributed by atoms with Crippen LogP contribution in [-0.2, 0) is 16.0 Å². The molecule has 3 rings (SSSR count). The largest absolute Gasteiger partial charge is 0.493 e. The summed E-state index contributed by atoms with van der Waals surface area (Å²) < 4.78 is 5.44. The Labute approximate surface area is 153 Å². The summed E-state index contributed by atoms with van der Waals surface area (Å²) in [5.74, 6) is -0.528. The summed E-state index contributed by atoms with van der Waals surface area (Å²) in [4.78, 5) is 23.7. The quantitative estimate of drug-likeness (QED) is 0.534. The summed E-state index contributed by atoms with van der Waals surface area (Å²) in [5.41, 5.74) is 3.12. The average Bonchev–Trinajstić information content (AvgIpc) is 3.14. The van der Waals surface area contributed by atoms with Gasteiger partial charge in [-0.3, -0.25) is 9.59 Å². The topological polar surface area (TPSA) is 87.7 Å².